The second-order valence-electron chi connectivity index (χ2n) is 7.71. The van der Waals surface area contributed by atoms with Crippen LogP contribution in [0.3, 0.4) is 0 Å². The van der Waals surface area contributed by atoms with Crippen molar-refractivity contribution in [3.8, 4) is 0 Å². The third-order valence-electron chi connectivity index (χ3n) is 5.66. The van der Waals surface area contributed by atoms with Crippen LogP contribution >= 0.6 is 0 Å². The van der Waals surface area contributed by atoms with Crippen LogP contribution in [0.25, 0.3) is 5.52 Å². The standard InChI is InChI=1S/C21H27F2NO3/c1-15-4-3-12-24-16(6-13-27-2)14-17(19(15)24)18(25)5-7-20(26)8-10-21(22,23)11-9-20/h3-4,12,14,26H,5-11,13H2,1-2H3. The number of Topliss-reactive ketones (excluding diaryl/α,β-unsaturated/α-hetero) is 1. The summed E-state index contributed by atoms with van der Waals surface area (Å²) >= 11 is 0. The fourth-order valence-corrected chi connectivity index (χ4v) is 3.93. The Morgan fingerprint density at radius 3 is 2.67 bits per heavy atom. The monoisotopic (exact) mass is 379 g/mol. The highest BCUT2D eigenvalue weighted by atomic mass is 19.3. The van der Waals surface area contributed by atoms with Crippen LogP contribution in [-0.2, 0) is 11.2 Å². The van der Waals surface area contributed by atoms with Gasteiger partial charge in [0.15, 0.2) is 5.78 Å². The topological polar surface area (TPSA) is 50.9 Å². The molecule has 148 valence electrons. The van der Waals surface area contributed by atoms with Crippen molar-refractivity contribution in [1.82, 2.24) is 4.40 Å². The zero-order valence-corrected chi connectivity index (χ0v) is 15.9. The number of aliphatic hydroxyl groups is 1. The number of halogens is 2. The molecule has 0 aromatic carbocycles. The number of carbonyl (C=O) groups excluding carboxylic acids is 1. The van der Waals surface area contributed by atoms with E-state index in [9.17, 15) is 18.7 Å². The second-order valence-corrected chi connectivity index (χ2v) is 7.71. The molecule has 2 heterocycles. The number of hydrogen-bond donors (Lipinski definition) is 1. The Morgan fingerprint density at radius 2 is 2.00 bits per heavy atom. The number of carbonyl (C=O) groups is 1. The van der Waals surface area contributed by atoms with E-state index in [1.807, 2.05) is 35.7 Å². The van der Waals surface area contributed by atoms with E-state index in [0.717, 1.165) is 16.8 Å². The minimum atomic E-state index is -2.69. The summed E-state index contributed by atoms with van der Waals surface area (Å²) in [5, 5.41) is 10.6. The van der Waals surface area contributed by atoms with Crippen molar-refractivity contribution in [3.63, 3.8) is 0 Å². The third-order valence-corrected chi connectivity index (χ3v) is 5.66. The maximum Gasteiger partial charge on any atom is 0.248 e. The van der Waals surface area contributed by atoms with E-state index in [1.54, 1.807) is 7.11 Å². The van der Waals surface area contributed by atoms with Crippen LogP contribution in [0.5, 0.6) is 0 Å². The molecule has 2 aromatic heterocycles. The molecule has 0 amide bonds. The van der Waals surface area contributed by atoms with E-state index >= 15 is 0 Å². The maximum absolute atomic E-state index is 13.3. The number of aryl methyl sites for hydroxylation is 1. The van der Waals surface area contributed by atoms with Crippen molar-refractivity contribution in [3.05, 3.63) is 41.2 Å². The highest BCUT2D eigenvalue weighted by Gasteiger charge is 2.42. The van der Waals surface area contributed by atoms with Crippen molar-refractivity contribution >= 4 is 11.3 Å². The molecule has 1 saturated carbocycles. The van der Waals surface area contributed by atoms with E-state index < -0.39 is 11.5 Å². The zero-order chi connectivity index (χ0) is 19.7. The molecule has 1 N–H and O–H groups in total. The molecule has 2 aromatic rings. The molecule has 1 aliphatic rings. The molecule has 0 saturated heterocycles. The van der Waals surface area contributed by atoms with E-state index in [1.165, 1.54) is 0 Å². The summed E-state index contributed by atoms with van der Waals surface area (Å²) in [6.07, 6.45) is 2.46. The summed E-state index contributed by atoms with van der Waals surface area (Å²) < 4.78 is 33.9. The molecule has 27 heavy (non-hydrogen) atoms. The highest BCUT2D eigenvalue weighted by Crippen LogP contribution is 2.40. The molecule has 0 atom stereocenters. The van der Waals surface area contributed by atoms with Gasteiger partial charge in [0.05, 0.1) is 17.7 Å². The number of fused-ring (bicyclic) bond motifs is 1. The Morgan fingerprint density at radius 1 is 1.30 bits per heavy atom. The molecule has 0 aliphatic heterocycles. The number of alkyl halides is 2. The molecule has 0 unspecified atom stereocenters. The van der Waals surface area contributed by atoms with Crippen LogP contribution in [0.1, 0.15) is 60.1 Å². The molecular formula is C21H27F2NO3. The predicted octanol–water partition coefficient (Wildman–Crippen LogP) is 4.34. The minimum Gasteiger partial charge on any atom is -0.390 e. The van der Waals surface area contributed by atoms with Crippen LogP contribution < -0.4 is 0 Å². The van der Waals surface area contributed by atoms with Crippen LogP contribution in [0.2, 0.25) is 0 Å². The average molecular weight is 379 g/mol. The van der Waals surface area contributed by atoms with Crippen molar-refractivity contribution in [2.45, 2.75) is 63.4 Å². The predicted molar refractivity (Wildman–Crippen MR) is 99.6 cm³/mol. The largest absolute Gasteiger partial charge is 0.390 e. The summed E-state index contributed by atoms with van der Waals surface area (Å²) in [4.78, 5) is 12.9. The Kier molecular flexibility index (Phi) is 5.68. The summed E-state index contributed by atoms with van der Waals surface area (Å²) in [6, 6.07) is 5.80. The van der Waals surface area contributed by atoms with Gasteiger partial charge < -0.3 is 14.2 Å². The molecular weight excluding hydrogens is 352 g/mol. The number of hydrogen-bond acceptors (Lipinski definition) is 3. The first kappa shape index (κ1) is 20.0. The highest BCUT2D eigenvalue weighted by molar-refractivity contribution is 6.03. The number of rotatable bonds is 7. The molecule has 1 aliphatic carbocycles. The summed E-state index contributed by atoms with van der Waals surface area (Å²) in [7, 11) is 1.64. The second kappa shape index (κ2) is 7.68. The smallest absolute Gasteiger partial charge is 0.248 e. The van der Waals surface area contributed by atoms with Gasteiger partial charge in [-0.1, -0.05) is 6.07 Å². The fraction of sp³-hybridized carbons (Fsp3) is 0.571. The van der Waals surface area contributed by atoms with Gasteiger partial charge >= 0.3 is 0 Å². The third kappa shape index (κ3) is 4.38. The summed E-state index contributed by atoms with van der Waals surface area (Å²) in [6.45, 7) is 2.52. The molecule has 0 bridgehead atoms. The fourth-order valence-electron chi connectivity index (χ4n) is 3.93. The van der Waals surface area contributed by atoms with Crippen molar-refractivity contribution in [1.29, 1.82) is 0 Å². The first-order chi connectivity index (χ1) is 12.7. The quantitative estimate of drug-likeness (QED) is 0.728. The zero-order valence-electron chi connectivity index (χ0n) is 15.9. The molecule has 0 radical (unpaired) electrons. The van der Waals surface area contributed by atoms with Gasteiger partial charge in [-0.25, -0.2) is 8.78 Å². The number of methoxy groups -OCH3 is 1. The van der Waals surface area contributed by atoms with Crippen LogP contribution in [0, 0.1) is 6.92 Å². The van der Waals surface area contributed by atoms with E-state index in [-0.39, 0.29) is 44.3 Å². The van der Waals surface area contributed by atoms with Crippen molar-refractivity contribution in [2.24, 2.45) is 0 Å². The Hall–Kier alpha value is -1.79. The molecule has 4 nitrogen and oxygen atoms in total. The van der Waals surface area contributed by atoms with E-state index in [4.69, 9.17) is 4.74 Å². The van der Waals surface area contributed by atoms with Crippen LogP contribution in [0.4, 0.5) is 8.78 Å². The Labute approximate surface area is 158 Å². The lowest BCUT2D eigenvalue weighted by atomic mass is 9.79. The normalized spacial score (nSPS) is 18.7. The van der Waals surface area contributed by atoms with Gasteiger partial charge in [-0.3, -0.25) is 4.79 Å². The lowest BCUT2D eigenvalue weighted by Gasteiger charge is -2.35. The van der Waals surface area contributed by atoms with Gasteiger partial charge in [0.1, 0.15) is 0 Å². The lowest BCUT2D eigenvalue weighted by molar-refractivity contribution is -0.105. The first-order valence-corrected chi connectivity index (χ1v) is 9.47. The average Bonchev–Trinajstić information content (AvgIpc) is 3.01. The van der Waals surface area contributed by atoms with Gasteiger partial charge in [-0.05, 0) is 43.9 Å². The van der Waals surface area contributed by atoms with Gasteiger partial charge in [-0.15, -0.1) is 0 Å². The summed E-state index contributed by atoms with van der Waals surface area (Å²) in [5.74, 6) is -2.75. The lowest BCUT2D eigenvalue weighted by Crippen LogP contribution is -2.38. The van der Waals surface area contributed by atoms with Crippen LogP contribution in [0.15, 0.2) is 24.4 Å². The van der Waals surface area contributed by atoms with Gasteiger partial charge in [0.2, 0.25) is 5.92 Å². The molecule has 0 spiro atoms. The minimum absolute atomic E-state index is 0.0436. The Balaban J connectivity index is 1.78. The Bertz CT molecular complexity index is 818. The van der Waals surface area contributed by atoms with Gasteiger partial charge in [0, 0.05) is 50.2 Å². The number of pyridine rings is 1. The van der Waals surface area contributed by atoms with E-state index in [0.29, 0.717) is 18.6 Å². The number of ketones is 1. The summed E-state index contributed by atoms with van der Waals surface area (Å²) in [5.41, 5.74) is 2.33. The van der Waals surface area contributed by atoms with Gasteiger partial charge in [-0.2, -0.15) is 0 Å². The van der Waals surface area contributed by atoms with Crippen molar-refractivity contribution in [2.75, 3.05) is 13.7 Å². The molecule has 1 fully saturated rings. The van der Waals surface area contributed by atoms with Gasteiger partial charge in [0.25, 0.3) is 0 Å². The first-order valence-electron chi connectivity index (χ1n) is 9.47. The maximum atomic E-state index is 13.3. The number of aromatic nitrogens is 1. The number of ether oxygens (including phenoxy) is 1. The van der Waals surface area contributed by atoms with Crippen molar-refractivity contribution < 1.29 is 23.4 Å². The molecule has 3 rings (SSSR count). The van der Waals surface area contributed by atoms with Crippen LogP contribution in [-0.4, -0.2) is 40.5 Å². The molecule has 6 heteroatoms. The number of nitrogens with zero attached hydrogens (tertiary/aromatic N) is 1. The van der Waals surface area contributed by atoms with E-state index in [2.05, 4.69) is 0 Å². The SMILES string of the molecule is COCCc1cc(C(=O)CCC2(O)CCC(F)(F)CC2)c2c(C)cccn12.